The van der Waals surface area contributed by atoms with Crippen molar-refractivity contribution >= 4 is 11.6 Å². The summed E-state index contributed by atoms with van der Waals surface area (Å²) < 4.78 is 10.8. The number of benzene rings is 1. The summed E-state index contributed by atoms with van der Waals surface area (Å²) in [6, 6.07) is 1.93. The first kappa shape index (κ1) is 12.5. The fourth-order valence-corrected chi connectivity index (χ4v) is 2.57. The molecule has 1 aromatic rings. The van der Waals surface area contributed by atoms with Crippen LogP contribution in [0.4, 0.5) is 0 Å². The van der Waals surface area contributed by atoms with Crippen molar-refractivity contribution in [1.82, 2.24) is 0 Å². The first-order valence-electron chi connectivity index (χ1n) is 5.80. The molecule has 0 aliphatic heterocycles. The molecule has 0 heterocycles. The van der Waals surface area contributed by atoms with Crippen LogP contribution in [0.1, 0.15) is 30.9 Å². The lowest BCUT2D eigenvalue weighted by atomic mass is 9.99. The van der Waals surface area contributed by atoms with Crippen molar-refractivity contribution in [1.29, 1.82) is 0 Å². The Hall–Kier alpha value is -0.930. The lowest BCUT2D eigenvalue weighted by molar-refractivity contribution is 0.348. The molecule has 3 nitrogen and oxygen atoms in total. The highest BCUT2D eigenvalue weighted by atomic mass is 35.5. The van der Waals surface area contributed by atoms with Gasteiger partial charge in [0, 0.05) is 11.1 Å². The van der Waals surface area contributed by atoms with E-state index < -0.39 is 0 Å². The van der Waals surface area contributed by atoms with Gasteiger partial charge >= 0.3 is 0 Å². The lowest BCUT2D eigenvalue weighted by Gasteiger charge is -2.21. The van der Waals surface area contributed by atoms with Crippen molar-refractivity contribution in [2.24, 2.45) is 5.73 Å². The second-order valence-corrected chi connectivity index (χ2v) is 4.85. The first-order valence-corrected chi connectivity index (χ1v) is 6.18. The number of nitrogens with two attached hydrogens (primary N) is 1. The van der Waals surface area contributed by atoms with Crippen LogP contribution in [0.3, 0.4) is 0 Å². The molecule has 1 fully saturated rings. The van der Waals surface area contributed by atoms with Crippen LogP contribution in [0.2, 0.25) is 5.02 Å². The largest absolute Gasteiger partial charge is 0.493 e. The Morgan fingerprint density at radius 1 is 1.35 bits per heavy atom. The molecule has 2 N–H and O–H groups in total. The van der Waals surface area contributed by atoms with Gasteiger partial charge in [-0.15, -0.1) is 0 Å². The van der Waals surface area contributed by atoms with E-state index in [0.29, 0.717) is 11.5 Å². The topological polar surface area (TPSA) is 44.5 Å². The van der Waals surface area contributed by atoms with E-state index in [1.165, 1.54) is 0 Å². The molecule has 0 radical (unpaired) electrons. The molecule has 17 heavy (non-hydrogen) atoms. The second-order valence-electron chi connectivity index (χ2n) is 4.47. The van der Waals surface area contributed by atoms with Gasteiger partial charge in [0.15, 0.2) is 11.5 Å². The van der Waals surface area contributed by atoms with Gasteiger partial charge in [-0.2, -0.15) is 0 Å². The van der Waals surface area contributed by atoms with Gasteiger partial charge in [-0.1, -0.05) is 18.5 Å². The molecule has 0 saturated heterocycles. The summed E-state index contributed by atoms with van der Waals surface area (Å²) in [5.74, 6) is 1.38. The fraction of sp³-hybridized carbons (Fsp3) is 0.538. The van der Waals surface area contributed by atoms with Crippen LogP contribution in [0.25, 0.3) is 0 Å². The standard InChI is InChI=1S/C13H18ClNO2/c1-4-8-7-9(16-2)12(17-3)10(11(8)14)13(15)5-6-13/h7H,4-6,15H2,1-3H3. The lowest BCUT2D eigenvalue weighted by Crippen LogP contribution is -2.21. The summed E-state index contributed by atoms with van der Waals surface area (Å²) in [6.07, 6.45) is 2.74. The average Bonchev–Trinajstić information content (AvgIpc) is 3.07. The summed E-state index contributed by atoms with van der Waals surface area (Å²) >= 11 is 6.43. The van der Waals surface area contributed by atoms with Gasteiger partial charge < -0.3 is 15.2 Å². The third kappa shape index (κ3) is 1.98. The van der Waals surface area contributed by atoms with Crippen LogP contribution in [-0.2, 0) is 12.0 Å². The van der Waals surface area contributed by atoms with Gasteiger partial charge in [0.25, 0.3) is 0 Å². The Morgan fingerprint density at radius 2 is 2.00 bits per heavy atom. The number of hydrogen-bond acceptors (Lipinski definition) is 3. The van der Waals surface area contributed by atoms with Crippen molar-refractivity contribution in [3.05, 3.63) is 22.2 Å². The summed E-state index contributed by atoms with van der Waals surface area (Å²) in [7, 11) is 3.25. The number of aryl methyl sites for hydroxylation is 1. The van der Waals surface area contributed by atoms with Gasteiger partial charge in [-0.05, 0) is 30.9 Å². The molecule has 1 saturated carbocycles. The SMILES string of the molecule is CCc1cc(OC)c(OC)c(C2(N)CC2)c1Cl. The van der Waals surface area contributed by atoms with Gasteiger partial charge in [0.05, 0.1) is 19.2 Å². The van der Waals surface area contributed by atoms with E-state index in [4.69, 9.17) is 26.8 Å². The molecule has 0 spiro atoms. The Morgan fingerprint density at radius 3 is 2.41 bits per heavy atom. The summed E-state index contributed by atoms with van der Waals surface area (Å²) in [6.45, 7) is 2.06. The van der Waals surface area contributed by atoms with Crippen LogP contribution < -0.4 is 15.2 Å². The number of ether oxygens (including phenoxy) is 2. The van der Waals surface area contributed by atoms with Crippen LogP contribution >= 0.6 is 11.6 Å². The van der Waals surface area contributed by atoms with Crippen molar-refractivity contribution in [2.45, 2.75) is 31.7 Å². The molecule has 4 heteroatoms. The van der Waals surface area contributed by atoms with Crippen molar-refractivity contribution in [3.8, 4) is 11.5 Å². The summed E-state index contributed by atoms with van der Waals surface area (Å²) in [5.41, 5.74) is 7.89. The third-order valence-electron chi connectivity index (χ3n) is 3.35. The summed E-state index contributed by atoms with van der Waals surface area (Å²) in [5, 5.41) is 0.727. The van der Waals surface area contributed by atoms with Crippen LogP contribution in [-0.4, -0.2) is 14.2 Å². The minimum Gasteiger partial charge on any atom is -0.493 e. The molecular formula is C13H18ClNO2. The fourth-order valence-electron chi connectivity index (χ4n) is 2.11. The highest BCUT2D eigenvalue weighted by molar-refractivity contribution is 6.32. The van der Waals surface area contributed by atoms with Gasteiger partial charge in [-0.3, -0.25) is 0 Å². The van der Waals surface area contributed by atoms with E-state index in [1.807, 2.05) is 6.07 Å². The molecule has 0 amide bonds. The Kier molecular flexibility index (Phi) is 3.23. The Bertz CT molecular complexity index is 442. The molecular weight excluding hydrogens is 238 g/mol. The van der Waals surface area contributed by atoms with Gasteiger partial charge in [0.2, 0.25) is 0 Å². The quantitative estimate of drug-likeness (QED) is 0.900. The maximum absolute atomic E-state index is 6.43. The molecule has 0 unspecified atom stereocenters. The smallest absolute Gasteiger partial charge is 0.167 e. The van der Waals surface area contributed by atoms with Gasteiger partial charge in [0.1, 0.15) is 0 Å². The van der Waals surface area contributed by atoms with E-state index in [9.17, 15) is 0 Å². The zero-order valence-corrected chi connectivity index (χ0v) is 11.2. The third-order valence-corrected chi connectivity index (χ3v) is 3.78. The molecule has 1 aliphatic rings. The van der Waals surface area contributed by atoms with E-state index in [1.54, 1.807) is 14.2 Å². The number of hydrogen-bond donors (Lipinski definition) is 1. The Balaban J connectivity index is 2.67. The van der Waals surface area contributed by atoms with E-state index >= 15 is 0 Å². The van der Waals surface area contributed by atoms with Crippen LogP contribution in [0, 0.1) is 0 Å². The molecule has 1 aromatic carbocycles. The number of halogens is 1. The Labute approximate surface area is 107 Å². The maximum atomic E-state index is 6.43. The van der Waals surface area contributed by atoms with E-state index in [0.717, 1.165) is 35.4 Å². The molecule has 0 aromatic heterocycles. The van der Waals surface area contributed by atoms with Crippen molar-refractivity contribution < 1.29 is 9.47 Å². The number of rotatable bonds is 4. The van der Waals surface area contributed by atoms with Crippen molar-refractivity contribution in [2.75, 3.05) is 14.2 Å². The number of methoxy groups -OCH3 is 2. The van der Waals surface area contributed by atoms with Crippen LogP contribution in [0.15, 0.2) is 6.07 Å². The molecule has 2 rings (SSSR count). The van der Waals surface area contributed by atoms with Crippen LogP contribution in [0.5, 0.6) is 11.5 Å². The maximum Gasteiger partial charge on any atom is 0.167 e. The minimum atomic E-state index is -0.332. The normalized spacial score (nSPS) is 16.8. The zero-order valence-electron chi connectivity index (χ0n) is 10.5. The highest BCUT2D eigenvalue weighted by Gasteiger charge is 2.45. The monoisotopic (exact) mass is 255 g/mol. The summed E-state index contributed by atoms with van der Waals surface area (Å²) in [4.78, 5) is 0. The van der Waals surface area contributed by atoms with Crippen molar-refractivity contribution in [3.63, 3.8) is 0 Å². The van der Waals surface area contributed by atoms with E-state index in [2.05, 4.69) is 6.92 Å². The minimum absolute atomic E-state index is 0.332. The second kappa shape index (κ2) is 4.39. The highest BCUT2D eigenvalue weighted by Crippen LogP contribution is 2.53. The van der Waals surface area contributed by atoms with Gasteiger partial charge in [-0.25, -0.2) is 0 Å². The zero-order chi connectivity index (χ0) is 12.6. The van der Waals surface area contributed by atoms with E-state index in [-0.39, 0.29) is 5.54 Å². The first-order chi connectivity index (χ1) is 8.07. The predicted octanol–water partition coefficient (Wildman–Crippen LogP) is 2.87. The average molecular weight is 256 g/mol. The predicted molar refractivity (Wildman–Crippen MR) is 69.0 cm³/mol. The molecule has 0 atom stereocenters. The molecule has 94 valence electrons. The molecule has 1 aliphatic carbocycles. The molecule has 0 bridgehead atoms.